The number of hydrogen-bond donors (Lipinski definition) is 1. The van der Waals surface area contributed by atoms with Crippen LogP contribution in [0.3, 0.4) is 0 Å². The number of carbonyl (C=O) groups is 3. The first-order chi connectivity index (χ1) is 30.8. The van der Waals surface area contributed by atoms with E-state index in [4.69, 9.17) is 28.7 Å². The molecule has 7 rings (SSSR count). The minimum Gasteiger partial charge on any atom is -0.497 e. The Labute approximate surface area is 368 Å². The normalized spacial score (nSPS) is 15.0. The summed E-state index contributed by atoms with van der Waals surface area (Å²) in [6.45, 7) is -0.194. The summed E-state index contributed by atoms with van der Waals surface area (Å²) in [6, 6.07) is 22.5. The van der Waals surface area contributed by atoms with E-state index in [0.29, 0.717) is 77.6 Å². The topological polar surface area (TPSA) is 150 Å². The van der Waals surface area contributed by atoms with Crippen LogP contribution in [0.15, 0.2) is 78.9 Å². The number of imidazole rings is 2. The first-order valence-electron chi connectivity index (χ1n) is 20.9. The van der Waals surface area contributed by atoms with Crippen molar-refractivity contribution in [3.05, 3.63) is 107 Å². The summed E-state index contributed by atoms with van der Waals surface area (Å²) < 4.78 is 66.9. The molecular formula is C47H51F3N6O8. The van der Waals surface area contributed by atoms with Gasteiger partial charge in [0, 0.05) is 31.6 Å². The third-order valence-corrected chi connectivity index (χ3v) is 11.6. The second kappa shape index (κ2) is 19.9. The molecule has 64 heavy (non-hydrogen) atoms. The highest BCUT2D eigenvalue weighted by atomic mass is 19.4. The number of H-pyrrole nitrogens is 1. The maximum Gasteiger partial charge on any atom is 0.411 e. The van der Waals surface area contributed by atoms with Crippen LogP contribution in [-0.4, -0.2) is 127 Å². The van der Waals surface area contributed by atoms with E-state index in [-0.39, 0.29) is 53.5 Å². The van der Waals surface area contributed by atoms with Crippen molar-refractivity contribution in [1.29, 1.82) is 0 Å². The van der Waals surface area contributed by atoms with Crippen molar-refractivity contribution in [3.8, 4) is 23.0 Å². The minimum atomic E-state index is -4.49. The molecule has 0 bridgehead atoms. The fourth-order valence-electron chi connectivity index (χ4n) is 8.40. The second-order valence-electron chi connectivity index (χ2n) is 15.6. The number of piperidine rings is 1. The van der Waals surface area contributed by atoms with Crippen molar-refractivity contribution in [3.63, 3.8) is 0 Å². The van der Waals surface area contributed by atoms with E-state index in [1.54, 1.807) is 78.2 Å². The van der Waals surface area contributed by atoms with E-state index in [0.717, 1.165) is 18.4 Å². The number of likely N-dealkylation sites (N-methyl/N-ethyl adjacent to an activating group) is 1. The van der Waals surface area contributed by atoms with Crippen molar-refractivity contribution in [2.45, 2.75) is 50.4 Å². The zero-order chi connectivity index (χ0) is 45.5. The number of hydrogen-bond acceptors (Lipinski definition) is 11. The molecule has 1 N–H and O–H groups in total. The number of halogens is 3. The number of nitrogens with one attached hydrogen (secondary N) is 1. The molecule has 0 saturated carbocycles. The van der Waals surface area contributed by atoms with Crippen molar-refractivity contribution in [2.75, 3.05) is 68.3 Å². The molecule has 4 aromatic carbocycles. The van der Waals surface area contributed by atoms with E-state index < -0.39 is 24.6 Å². The van der Waals surface area contributed by atoms with Crippen LogP contribution in [0.25, 0.3) is 22.1 Å². The second-order valence-corrected chi connectivity index (χ2v) is 15.6. The summed E-state index contributed by atoms with van der Waals surface area (Å²) in [5, 5.41) is 0. The van der Waals surface area contributed by atoms with E-state index in [9.17, 15) is 27.6 Å². The molecule has 1 saturated heterocycles. The van der Waals surface area contributed by atoms with Gasteiger partial charge in [0.1, 0.15) is 17.9 Å². The van der Waals surface area contributed by atoms with E-state index in [1.165, 1.54) is 21.3 Å². The number of para-hydroxylation sites is 3. The number of amides is 1. The average Bonchev–Trinajstić information content (AvgIpc) is 3.92. The van der Waals surface area contributed by atoms with Gasteiger partial charge in [-0.05, 0) is 86.4 Å². The average molecular weight is 885 g/mol. The van der Waals surface area contributed by atoms with Gasteiger partial charge in [-0.1, -0.05) is 36.8 Å². The van der Waals surface area contributed by atoms with Crippen LogP contribution >= 0.6 is 0 Å². The molecule has 1 aliphatic rings. The molecule has 3 heterocycles. The first-order valence-corrected chi connectivity index (χ1v) is 20.9. The number of ether oxygens (including phenoxy) is 5. The number of carbonyl (C=O) groups excluding carboxylic acids is 3. The van der Waals surface area contributed by atoms with Gasteiger partial charge in [0.2, 0.25) is 17.3 Å². The lowest BCUT2D eigenvalue weighted by Crippen LogP contribution is -2.46. The molecule has 2 unspecified atom stereocenters. The Bertz CT molecular complexity index is 2600. The van der Waals surface area contributed by atoms with Gasteiger partial charge in [0.25, 0.3) is 5.91 Å². The number of aromatic amines is 1. The number of Topliss-reactive ketones (excluding diaryl/α,β-unsaturated/α-hetero) is 1. The number of methoxy groups -OCH3 is 4. The zero-order valence-corrected chi connectivity index (χ0v) is 36.4. The smallest absolute Gasteiger partial charge is 0.411 e. The maximum absolute atomic E-state index is 14.5. The van der Waals surface area contributed by atoms with Crippen molar-refractivity contribution < 1.29 is 51.2 Å². The number of rotatable bonds is 19. The number of likely N-dealkylation sites (tertiary alicyclic amines) is 1. The van der Waals surface area contributed by atoms with Gasteiger partial charge in [0.05, 0.1) is 63.2 Å². The number of aromatic nitrogens is 4. The van der Waals surface area contributed by atoms with Crippen LogP contribution in [0.4, 0.5) is 13.2 Å². The molecule has 2 atom stereocenters. The highest BCUT2D eigenvalue weighted by Crippen LogP contribution is 2.39. The Morgan fingerprint density at radius 2 is 1.62 bits per heavy atom. The number of benzene rings is 4. The Morgan fingerprint density at radius 3 is 2.34 bits per heavy atom. The zero-order valence-electron chi connectivity index (χ0n) is 36.4. The molecule has 0 spiro atoms. The van der Waals surface area contributed by atoms with Crippen molar-refractivity contribution in [2.24, 2.45) is 0 Å². The minimum absolute atomic E-state index is 0.0139. The lowest BCUT2D eigenvalue weighted by Gasteiger charge is -2.35. The summed E-state index contributed by atoms with van der Waals surface area (Å²) in [5.41, 5.74) is 3.34. The quantitative estimate of drug-likeness (QED) is 0.0629. The number of fused-ring (bicyclic) bond motifs is 2. The molecule has 0 aliphatic carbocycles. The van der Waals surface area contributed by atoms with Crippen LogP contribution in [0.5, 0.6) is 23.0 Å². The maximum atomic E-state index is 14.5. The molecule has 1 amide bonds. The standard InChI is InChI=1S/C47H51F3N6O8/c1-54(46(59)31-25-38(61-3)43(63-5)39(26-31)62-4)27-30(29-12-10-13-32(24-29)60-2)19-21-55-20-9-8-18-37(55)42(58)44-51-35-16-11-14-33(40(35)53-44)41(57)45-52-34-15-6-7-17-36(34)56(45)22-23-64-28-47(48,49)50/h6-7,10-17,24-26,30,37H,8-9,18-23,27-28H2,1-5H3,(H,51,53). The Hall–Kier alpha value is -6.46. The molecule has 17 heteroatoms. The first kappa shape index (κ1) is 45.6. The summed E-state index contributed by atoms with van der Waals surface area (Å²) in [4.78, 5) is 58.9. The van der Waals surface area contributed by atoms with Gasteiger partial charge in [0.15, 0.2) is 23.1 Å². The molecule has 6 aromatic rings. The third kappa shape index (κ3) is 10.00. The monoisotopic (exact) mass is 884 g/mol. The third-order valence-electron chi connectivity index (χ3n) is 11.6. The van der Waals surface area contributed by atoms with Crippen molar-refractivity contribution in [1.82, 2.24) is 29.3 Å². The summed E-state index contributed by atoms with van der Waals surface area (Å²) >= 11 is 0. The van der Waals surface area contributed by atoms with Crippen LogP contribution in [0.2, 0.25) is 0 Å². The van der Waals surface area contributed by atoms with Gasteiger partial charge >= 0.3 is 6.18 Å². The Kier molecular flexibility index (Phi) is 14.2. The summed E-state index contributed by atoms with van der Waals surface area (Å²) in [5.74, 6) is 0.816. The number of ketones is 2. The van der Waals surface area contributed by atoms with Gasteiger partial charge in [-0.15, -0.1) is 0 Å². The van der Waals surface area contributed by atoms with Gasteiger partial charge in [-0.2, -0.15) is 13.2 Å². The van der Waals surface area contributed by atoms with E-state index in [1.807, 2.05) is 24.3 Å². The van der Waals surface area contributed by atoms with Gasteiger partial charge in [-0.3, -0.25) is 19.3 Å². The Morgan fingerprint density at radius 1 is 0.875 bits per heavy atom. The van der Waals surface area contributed by atoms with Gasteiger partial charge in [-0.25, -0.2) is 9.97 Å². The molecule has 1 fully saturated rings. The number of alkyl halides is 3. The van der Waals surface area contributed by atoms with Crippen LogP contribution in [0.1, 0.15) is 74.3 Å². The van der Waals surface area contributed by atoms with Crippen molar-refractivity contribution >= 4 is 39.5 Å². The molecule has 338 valence electrons. The van der Waals surface area contributed by atoms with Gasteiger partial charge < -0.3 is 38.1 Å². The lowest BCUT2D eigenvalue weighted by molar-refractivity contribution is -0.174. The molecule has 0 radical (unpaired) electrons. The van der Waals surface area contributed by atoms with Crippen LogP contribution in [-0.2, 0) is 11.3 Å². The number of nitrogens with zero attached hydrogens (tertiary/aromatic N) is 5. The lowest BCUT2D eigenvalue weighted by atomic mass is 9.92. The van der Waals surface area contributed by atoms with E-state index in [2.05, 4.69) is 14.9 Å². The highest BCUT2D eigenvalue weighted by molar-refractivity contribution is 6.15. The molecule has 14 nitrogen and oxygen atoms in total. The summed E-state index contributed by atoms with van der Waals surface area (Å²) in [7, 11) is 7.84. The SMILES string of the molecule is COc1cccc(C(CCN2CCCCC2C(=O)c2nc3c(C(=O)c4nc5ccccc5n4CCOCC(F)(F)F)cccc3[nH]2)CN(C)C(=O)c2cc(OC)c(OC)c(OC)c2)c1. The molecular weight excluding hydrogens is 834 g/mol. The predicted molar refractivity (Wildman–Crippen MR) is 233 cm³/mol. The van der Waals surface area contributed by atoms with Crippen LogP contribution in [0, 0.1) is 0 Å². The predicted octanol–water partition coefficient (Wildman–Crippen LogP) is 7.74. The largest absolute Gasteiger partial charge is 0.497 e. The molecule has 1 aliphatic heterocycles. The fraction of sp³-hybridized carbons (Fsp3) is 0.383. The fourth-order valence-corrected chi connectivity index (χ4v) is 8.40. The Balaban J connectivity index is 1.11. The highest BCUT2D eigenvalue weighted by Gasteiger charge is 2.33. The van der Waals surface area contributed by atoms with E-state index >= 15 is 0 Å². The summed E-state index contributed by atoms with van der Waals surface area (Å²) in [6.07, 6.45) is -1.55. The molecule has 2 aromatic heterocycles. The van der Waals surface area contributed by atoms with Crippen LogP contribution < -0.4 is 18.9 Å².